The molecule has 7 heteroatoms. The maximum Gasteiger partial charge on any atom is 0.352 e. The van der Waals surface area contributed by atoms with Crippen molar-refractivity contribution in [1.29, 1.82) is 0 Å². The van der Waals surface area contributed by atoms with Gasteiger partial charge in [0.25, 0.3) is 5.56 Å². The quantitative estimate of drug-likeness (QED) is 0.547. The van der Waals surface area contributed by atoms with Crippen molar-refractivity contribution in [2.75, 3.05) is 0 Å². The zero-order valence-electron chi connectivity index (χ0n) is 14.2. The lowest BCUT2D eigenvalue weighted by molar-refractivity contribution is 0.668. The van der Waals surface area contributed by atoms with Gasteiger partial charge in [-0.2, -0.15) is 4.98 Å². The molecule has 134 valence electrons. The van der Waals surface area contributed by atoms with E-state index in [-0.39, 0.29) is 12.1 Å². The highest BCUT2D eigenvalue weighted by Gasteiger charge is 2.17. The van der Waals surface area contributed by atoms with E-state index in [1.54, 1.807) is 47.3 Å². The van der Waals surface area contributed by atoms with E-state index >= 15 is 0 Å². The molecule has 0 spiro atoms. The second-order valence-electron chi connectivity index (χ2n) is 6.07. The molecule has 1 aromatic heterocycles. The van der Waals surface area contributed by atoms with E-state index in [9.17, 15) is 9.59 Å². The lowest BCUT2D eigenvalue weighted by atomic mass is 10.2. The van der Waals surface area contributed by atoms with E-state index in [4.69, 9.17) is 11.6 Å². The number of hydrogen-bond acceptors (Lipinski definition) is 4. The predicted octanol–water partition coefficient (Wildman–Crippen LogP) is 2.65. The number of halogens is 1. The highest BCUT2D eigenvalue weighted by atomic mass is 35.5. The maximum absolute atomic E-state index is 12.9. The molecule has 4 rings (SSSR count). The molecule has 6 nitrogen and oxygen atoms in total. The number of aromatic nitrogens is 4. The summed E-state index contributed by atoms with van der Waals surface area (Å²) in [5, 5.41) is 0.618. The van der Waals surface area contributed by atoms with Crippen LogP contribution >= 0.6 is 11.6 Å². The normalized spacial score (nSPS) is 11.0. The first-order chi connectivity index (χ1) is 13.1. The molecule has 2 aromatic rings. The Bertz CT molecular complexity index is 1180. The third-order valence-corrected chi connectivity index (χ3v) is 4.66. The van der Waals surface area contributed by atoms with Crippen LogP contribution in [0.5, 0.6) is 0 Å². The minimum absolute atomic E-state index is 0.0842. The topological polar surface area (TPSA) is 69.8 Å². The number of fused-ring (bicyclic) bond motifs is 1. The largest absolute Gasteiger partial charge is 0.352 e. The summed E-state index contributed by atoms with van der Waals surface area (Å²) in [6, 6.07) is 16.2. The van der Waals surface area contributed by atoms with Crippen LogP contribution in [0.4, 0.5) is 0 Å². The smallest absolute Gasteiger partial charge is 0.328 e. The highest BCUT2D eigenvalue weighted by Crippen LogP contribution is 2.20. The van der Waals surface area contributed by atoms with Crippen molar-refractivity contribution in [3.05, 3.63) is 104 Å². The fraction of sp³-hybridized carbons (Fsp3) is 0.100. The molecular formula is C20H15ClN4O2. The molecule has 3 heterocycles. The van der Waals surface area contributed by atoms with Crippen LogP contribution in [-0.2, 0) is 13.1 Å². The molecule has 0 saturated carbocycles. The van der Waals surface area contributed by atoms with Gasteiger partial charge >= 0.3 is 5.69 Å². The van der Waals surface area contributed by atoms with Gasteiger partial charge in [-0.05, 0) is 35.9 Å². The van der Waals surface area contributed by atoms with Crippen molar-refractivity contribution in [3.8, 4) is 11.4 Å². The lowest BCUT2D eigenvalue weighted by Gasteiger charge is -2.15. The molecule has 0 bridgehead atoms. The summed E-state index contributed by atoms with van der Waals surface area (Å²) in [6.07, 6.45) is 3.40. The number of hydrogen-bond donors (Lipinski definition) is 0. The van der Waals surface area contributed by atoms with E-state index in [2.05, 4.69) is 9.97 Å². The van der Waals surface area contributed by atoms with Crippen LogP contribution < -0.4 is 11.2 Å². The van der Waals surface area contributed by atoms with E-state index in [0.29, 0.717) is 28.6 Å². The molecule has 0 fully saturated rings. The van der Waals surface area contributed by atoms with Crippen molar-refractivity contribution in [1.82, 2.24) is 19.1 Å². The average molecular weight is 379 g/mol. The highest BCUT2D eigenvalue weighted by molar-refractivity contribution is 6.31. The summed E-state index contributed by atoms with van der Waals surface area (Å²) in [4.78, 5) is 33.7. The first kappa shape index (κ1) is 17.2. The molecule has 0 radical (unpaired) electrons. The minimum atomic E-state index is -0.600. The average Bonchev–Trinajstić information content (AvgIpc) is 2.68. The molecular weight excluding hydrogens is 364 g/mol. The van der Waals surface area contributed by atoms with E-state index in [1.807, 2.05) is 24.3 Å². The second kappa shape index (κ2) is 7.17. The van der Waals surface area contributed by atoms with Gasteiger partial charge in [-0.15, -0.1) is 0 Å². The first-order valence-corrected chi connectivity index (χ1v) is 8.74. The van der Waals surface area contributed by atoms with Crippen LogP contribution in [0.15, 0.2) is 76.6 Å². The van der Waals surface area contributed by atoms with Gasteiger partial charge in [0.05, 0.1) is 24.3 Å². The molecule has 2 aliphatic rings. The molecule has 2 aliphatic heterocycles. The summed E-state index contributed by atoms with van der Waals surface area (Å²) < 4.78 is 2.86. The number of benzene rings is 1. The van der Waals surface area contributed by atoms with Crippen LogP contribution in [0, 0.1) is 0 Å². The molecule has 0 unspecified atom stereocenters. The van der Waals surface area contributed by atoms with Gasteiger partial charge in [0.2, 0.25) is 0 Å². The van der Waals surface area contributed by atoms with Gasteiger partial charge in [-0.25, -0.2) is 4.79 Å². The van der Waals surface area contributed by atoms with E-state index < -0.39 is 5.69 Å². The fourth-order valence-corrected chi connectivity index (χ4v) is 3.14. The standard InChI is InChI=1S/C20H15ClN4O2/c21-17-9-2-1-6-14(17)12-24-11-5-8-16-18(24)23-20(27)25(19(16)26)13-15-7-3-4-10-22-15/h1-11H,12-13H2. The fourth-order valence-electron chi connectivity index (χ4n) is 2.95. The number of nitrogens with zero attached hydrogens (tertiary/aromatic N) is 4. The summed E-state index contributed by atoms with van der Waals surface area (Å²) in [5.74, 6) is 0.338. The minimum Gasteiger partial charge on any atom is -0.328 e. The van der Waals surface area contributed by atoms with Crippen LogP contribution in [-0.4, -0.2) is 19.1 Å². The van der Waals surface area contributed by atoms with Crippen molar-refractivity contribution in [2.24, 2.45) is 0 Å². The second-order valence-corrected chi connectivity index (χ2v) is 6.48. The Morgan fingerprint density at radius 2 is 1.74 bits per heavy atom. The molecule has 27 heavy (non-hydrogen) atoms. The monoisotopic (exact) mass is 378 g/mol. The SMILES string of the molecule is O=c1nc2n(Cc3ccccc3Cl)cccc-2c(=O)n1Cc1ccccn1. The molecule has 0 atom stereocenters. The van der Waals surface area contributed by atoms with Crippen molar-refractivity contribution in [2.45, 2.75) is 13.1 Å². The number of pyridine rings is 2. The van der Waals surface area contributed by atoms with E-state index in [1.165, 1.54) is 0 Å². The lowest BCUT2D eigenvalue weighted by Crippen LogP contribution is -2.38. The maximum atomic E-state index is 12.9. The van der Waals surface area contributed by atoms with Crippen molar-refractivity contribution in [3.63, 3.8) is 0 Å². The van der Waals surface area contributed by atoms with Gasteiger partial charge in [-0.3, -0.25) is 14.3 Å². The van der Waals surface area contributed by atoms with Crippen LogP contribution in [0.3, 0.4) is 0 Å². The third-order valence-electron chi connectivity index (χ3n) is 4.29. The van der Waals surface area contributed by atoms with Gasteiger partial charge < -0.3 is 4.57 Å². The zero-order chi connectivity index (χ0) is 18.8. The third kappa shape index (κ3) is 3.39. The summed E-state index contributed by atoms with van der Waals surface area (Å²) in [5.41, 5.74) is 0.891. The predicted molar refractivity (Wildman–Crippen MR) is 103 cm³/mol. The van der Waals surface area contributed by atoms with Gasteiger partial charge in [0.1, 0.15) is 0 Å². The Morgan fingerprint density at radius 1 is 0.926 bits per heavy atom. The Balaban J connectivity index is 1.80. The van der Waals surface area contributed by atoms with E-state index in [0.717, 1.165) is 10.1 Å². The summed E-state index contributed by atoms with van der Waals surface area (Å²) in [6.45, 7) is 0.494. The molecule has 0 aliphatic carbocycles. The van der Waals surface area contributed by atoms with Crippen molar-refractivity contribution >= 4 is 11.6 Å². The zero-order valence-corrected chi connectivity index (χ0v) is 15.0. The molecule has 0 N–H and O–H groups in total. The first-order valence-electron chi connectivity index (χ1n) is 8.37. The molecule has 0 amide bonds. The van der Waals surface area contributed by atoms with Crippen molar-refractivity contribution < 1.29 is 0 Å². The Kier molecular flexibility index (Phi) is 4.56. The van der Waals surface area contributed by atoms with Crippen LogP contribution in [0.2, 0.25) is 5.02 Å². The molecule has 0 saturated heterocycles. The Morgan fingerprint density at radius 3 is 2.52 bits per heavy atom. The molecule has 1 aromatic carbocycles. The summed E-state index contributed by atoms with van der Waals surface area (Å²) >= 11 is 6.24. The Labute approximate surface area is 159 Å². The van der Waals surface area contributed by atoms with Gasteiger partial charge in [0, 0.05) is 17.4 Å². The summed E-state index contributed by atoms with van der Waals surface area (Å²) in [7, 11) is 0. The van der Waals surface area contributed by atoms with Gasteiger partial charge in [0.15, 0.2) is 5.82 Å². The Hall–Kier alpha value is -3.25. The van der Waals surface area contributed by atoms with Gasteiger partial charge in [-0.1, -0.05) is 35.9 Å². The number of rotatable bonds is 4. The van der Waals surface area contributed by atoms with Crippen LogP contribution in [0.25, 0.3) is 11.4 Å². The van der Waals surface area contributed by atoms with Crippen LogP contribution in [0.1, 0.15) is 11.3 Å².